The summed E-state index contributed by atoms with van der Waals surface area (Å²) in [4.78, 5) is 46.9. The van der Waals surface area contributed by atoms with Crippen LogP contribution in [0.15, 0.2) is 39.9 Å². The van der Waals surface area contributed by atoms with E-state index in [1.165, 1.54) is 9.47 Å². The molecule has 0 radical (unpaired) electrons. The lowest BCUT2D eigenvalue weighted by Crippen LogP contribution is -2.34. The third-order valence-corrected chi connectivity index (χ3v) is 5.34. The van der Waals surface area contributed by atoms with Gasteiger partial charge in [0.1, 0.15) is 0 Å². The van der Waals surface area contributed by atoms with Gasteiger partial charge in [0.25, 0.3) is 11.5 Å². The molecule has 2 aromatic heterocycles. The van der Waals surface area contributed by atoms with Gasteiger partial charge in [0.15, 0.2) is 5.65 Å². The van der Waals surface area contributed by atoms with E-state index in [1.54, 1.807) is 20.0 Å². The Kier molecular flexibility index (Phi) is 5.92. The van der Waals surface area contributed by atoms with Gasteiger partial charge in [-0.3, -0.25) is 19.1 Å². The normalized spacial score (nSPS) is 11.5. The maximum Gasteiger partial charge on any atom is 0.329 e. The summed E-state index contributed by atoms with van der Waals surface area (Å²) in [6.07, 6.45) is 0. The fourth-order valence-electron chi connectivity index (χ4n) is 3.44. The van der Waals surface area contributed by atoms with Crippen LogP contribution in [0.25, 0.3) is 11.0 Å². The quantitative estimate of drug-likeness (QED) is 0.698. The minimum atomic E-state index is -0.602. The minimum Gasteiger partial charge on any atom is -0.311 e. The Hall–Kier alpha value is -3.22. The predicted molar refractivity (Wildman–Crippen MR) is 120 cm³/mol. The molecule has 158 valence electrons. The molecule has 0 bridgehead atoms. The van der Waals surface area contributed by atoms with Crippen LogP contribution in [0.3, 0.4) is 0 Å². The highest BCUT2D eigenvalue weighted by Gasteiger charge is 2.23. The third-order valence-electron chi connectivity index (χ3n) is 5.34. The Bertz CT molecular complexity index is 1220. The van der Waals surface area contributed by atoms with Crippen LogP contribution in [-0.4, -0.2) is 27.5 Å². The smallest absolute Gasteiger partial charge is 0.311 e. The number of carbonyl (C=O) groups is 1. The largest absolute Gasteiger partial charge is 0.329 e. The number of hydrogen-bond acceptors (Lipinski definition) is 4. The summed E-state index contributed by atoms with van der Waals surface area (Å²) in [5.41, 5.74) is 1.86. The van der Waals surface area contributed by atoms with Gasteiger partial charge >= 0.3 is 5.69 Å². The summed E-state index contributed by atoms with van der Waals surface area (Å²) >= 11 is 0. The number of fused-ring (bicyclic) bond motifs is 1. The van der Waals surface area contributed by atoms with E-state index in [4.69, 9.17) is 0 Å². The number of anilines is 1. The Balaban J connectivity index is 2.26. The van der Waals surface area contributed by atoms with E-state index < -0.39 is 11.2 Å². The molecule has 30 heavy (non-hydrogen) atoms. The number of hydrogen-bond donors (Lipinski definition) is 1. The molecule has 0 aliphatic heterocycles. The Morgan fingerprint density at radius 2 is 1.83 bits per heavy atom. The standard InChI is InChI=1S/C23H28N4O3/c1-7-27-20-19(21(28)25-23(27)30)17(12-18(24-20)14(4)5)22(29)26(6)16-10-8-9-15(11-16)13(2)3/h8-14H,7H2,1-6H3,(H,25,28,30). The lowest BCUT2D eigenvalue weighted by Gasteiger charge is -2.21. The lowest BCUT2D eigenvalue weighted by atomic mass is 10.0. The molecule has 1 amide bonds. The van der Waals surface area contributed by atoms with Crippen LogP contribution < -0.4 is 16.1 Å². The van der Waals surface area contributed by atoms with Crippen molar-refractivity contribution in [2.45, 2.75) is 53.0 Å². The number of benzene rings is 1. The van der Waals surface area contributed by atoms with E-state index in [1.807, 2.05) is 38.1 Å². The zero-order valence-corrected chi connectivity index (χ0v) is 18.3. The Morgan fingerprint density at radius 1 is 1.13 bits per heavy atom. The van der Waals surface area contributed by atoms with Gasteiger partial charge < -0.3 is 4.90 Å². The van der Waals surface area contributed by atoms with Gasteiger partial charge in [-0.25, -0.2) is 9.78 Å². The van der Waals surface area contributed by atoms with Crippen LogP contribution in [0, 0.1) is 0 Å². The summed E-state index contributed by atoms with van der Waals surface area (Å²) in [6.45, 7) is 10.2. The number of carbonyl (C=O) groups excluding carboxylic acids is 1. The Labute approximate surface area is 175 Å². The van der Waals surface area contributed by atoms with Crippen LogP contribution in [0.4, 0.5) is 5.69 Å². The SMILES string of the molecule is CCn1c(=O)[nH]c(=O)c2c(C(=O)N(C)c3cccc(C(C)C)c3)cc(C(C)C)nc21. The van der Waals surface area contributed by atoms with Crippen LogP contribution in [0.1, 0.15) is 68.1 Å². The van der Waals surface area contributed by atoms with E-state index in [9.17, 15) is 14.4 Å². The number of H-pyrrole nitrogens is 1. The van der Waals surface area contributed by atoms with Crippen molar-refractivity contribution < 1.29 is 4.79 Å². The summed E-state index contributed by atoms with van der Waals surface area (Å²) in [5.74, 6) is 0.0248. The predicted octanol–water partition coefficient (Wildman–Crippen LogP) is 3.63. The highest BCUT2D eigenvalue weighted by molar-refractivity contribution is 6.12. The van der Waals surface area contributed by atoms with Gasteiger partial charge in [0.05, 0.1) is 10.9 Å². The van der Waals surface area contributed by atoms with Crippen LogP contribution in [0.5, 0.6) is 0 Å². The average molecular weight is 409 g/mol. The van der Waals surface area contributed by atoms with Gasteiger partial charge in [-0.1, -0.05) is 39.8 Å². The van der Waals surface area contributed by atoms with E-state index in [-0.39, 0.29) is 28.4 Å². The molecule has 0 saturated carbocycles. The van der Waals surface area contributed by atoms with Crippen molar-refractivity contribution in [3.8, 4) is 0 Å². The monoisotopic (exact) mass is 408 g/mol. The van der Waals surface area contributed by atoms with E-state index in [2.05, 4.69) is 23.8 Å². The summed E-state index contributed by atoms with van der Waals surface area (Å²) in [5, 5.41) is 0.137. The second kappa shape index (κ2) is 8.26. The topological polar surface area (TPSA) is 88.1 Å². The number of pyridine rings is 1. The summed E-state index contributed by atoms with van der Waals surface area (Å²) < 4.78 is 1.39. The van der Waals surface area contributed by atoms with E-state index in [0.717, 1.165) is 11.3 Å². The molecule has 0 fully saturated rings. The lowest BCUT2D eigenvalue weighted by molar-refractivity contribution is 0.0994. The number of rotatable bonds is 5. The Morgan fingerprint density at radius 3 is 2.43 bits per heavy atom. The van der Waals surface area contributed by atoms with Crippen molar-refractivity contribution in [1.82, 2.24) is 14.5 Å². The van der Waals surface area contributed by atoms with Gasteiger partial charge in [-0.2, -0.15) is 0 Å². The zero-order valence-electron chi connectivity index (χ0n) is 18.3. The highest BCUT2D eigenvalue weighted by Crippen LogP contribution is 2.25. The van der Waals surface area contributed by atoms with E-state index in [0.29, 0.717) is 18.2 Å². The van der Waals surface area contributed by atoms with Gasteiger partial charge in [-0.05, 0) is 42.5 Å². The van der Waals surface area contributed by atoms with Crippen molar-refractivity contribution in [1.29, 1.82) is 0 Å². The zero-order chi connectivity index (χ0) is 22.2. The van der Waals surface area contributed by atoms with Crippen LogP contribution in [0.2, 0.25) is 0 Å². The minimum absolute atomic E-state index is 0.0234. The van der Waals surface area contributed by atoms with Crippen LogP contribution in [-0.2, 0) is 6.54 Å². The number of aromatic amines is 1. The summed E-state index contributed by atoms with van der Waals surface area (Å²) in [7, 11) is 1.69. The molecular weight excluding hydrogens is 380 g/mol. The van der Waals surface area contributed by atoms with E-state index >= 15 is 0 Å². The van der Waals surface area contributed by atoms with Crippen molar-refractivity contribution in [2.75, 3.05) is 11.9 Å². The molecule has 1 aromatic carbocycles. The molecule has 1 N–H and O–H groups in total. The van der Waals surface area contributed by atoms with Gasteiger partial charge in [0, 0.05) is 25.0 Å². The maximum atomic E-state index is 13.5. The second-order valence-electron chi connectivity index (χ2n) is 8.07. The first-order chi connectivity index (χ1) is 14.1. The molecule has 0 unspecified atom stereocenters. The maximum absolute atomic E-state index is 13.5. The molecule has 3 rings (SSSR count). The fourth-order valence-corrected chi connectivity index (χ4v) is 3.44. The molecule has 0 atom stereocenters. The molecule has 7 nitrogen and oxygen atoms in total. The third kappa shape index (κ3) is 3.79. The highest BCUT2D eigenvalue weighted by atomic mass is 16.2. The van der Waals surface area contributed by atoms with Crippen molar-refractivity contribution in [3.05, 3.63) is 68.0 Å². The first-order valence-electron chi connectivity index (χ1n) is 10.2. The number of nitrogens with one attached hydrogen (secondary N) is 1. The van der Waals surface area contributed by atoms with Crippen molar-refractivity contribution >= 4 is 22.6 Å². The molecule has 3 aromatic rings. The number of aryl methyl sites for hydroxylation is 1. The molecule has 0 spiro atoms. The molecule has 0 aliphatic rings. The molecule has 2 heterocycles. The second-order valence-corrected chi connectivity index (χ2v) is 8.07. The molecule has 7 heteroatoms. The number of aromatic nitrogens is 3. The van der Waals surface area contributed by atoms with Gasteiger partial charge in [0.2, 0.25) is 0 Å². The summed E-state index contributed by atoms with van der Waals surface area (Å²) in [6, 6.07) is 9.44. The fraction of sp³-hybridized carbons (Fsp3) is 0.391. The molecule has 0 aliphatic carbocycles. The van der Waals surface area contributed by atoms with Crippen LogP contribution >= 0.6 is 0 Å². The van der Waals surface area contributed by atoms with Crippen molar-refractivity contribution in [2.24, 2.45) is 0 Å². The van der Waals surface area contributed by atoms with Crippen molar-refractivity contribution in [3.63, 3.8) is 0 Å². The van der Waals surface area contributed by atoms with Gasteiger partial charge in [-0.15, -0.1) is 0 Å². The molecule has 0 saturated heterocycles. The molecular formula is C23H28N4O3. The first kappa shape index (κ1) is 21.5. The number of amides is 1. The first-order valence-corrected chi connectivity index (χ1v) is 10.2. The number of nitrogens with zero attached hydrogens (tertiary/aromatic N) is 3. The average Bonchev–Trinajstić information content (AvgIpc) is 2.72.